The molecule has 1 aromatic carbocycles. The van der Waals surface area contributed by atoms with Gasteiger partial charge in [0.15, 0.2) is 0 Å². The van der Waals surface area contributed by atoms with E-state index in [1.54, 1.807) is 25.1 Å². The highest BCUT2D eigenvalue weighted by atomic mass is 35.5. The summed E-state index contributed by atoms with van der Waals surface area (Å²) < 4.78 is 13.0. The topological polar surface area (TPSA) is 23.6 Å². The van der Waals surface area contributed by atoms with E-state index in [4.69, 9.17) is 11.6 Å². The zero-order chi connectivity index (χ0) is 14.0. The smallest absolute Gasteiger partial charge is 0.239 e. The van der Waals surface area contributed by atoms with Gasteiger partial charge in [-0.3, -0.25) is 9.69 Å². The first-order chi connectivity index (χ1) is 8.99. The third kappa shape index (κ3) is 3.25. The van der Waals surface area contributed by atoms with Gasteiger partial charge >= 0.3 is 0 Å². The van der Waals surface area contributed by atoms with Crippen LogP contribution in [-0.2, 0) is 11.3 Å². The third-order valence-corrected chi connectivity index (χ3v) is 3.83. The Morgan fingerprint density at radius 3 is 2.89 bits per heavy atom. The first-order valence-corrected chi connectivity index (χ1v) is 6.76. The highest BCUT2D eigenvalue weighted by Crippen LogP contribution is 2.25. The van der Waals surface area contributed by atoms with Crippen molar-refractivity contribution in [1.82, 2.24) is 9.80 Å². The number of hydrogen-bond acceptors (Lipinski definition) is 2. The standard InChI is InChI=1S/C14H18ClFN2O/c1-17(2)14(19)13-4-3-7-18(13)9-10-5-6-11(16)8-12(10)15/h5-6,8,13H,3-4,7,9H2,1-2H3/t13-/m0/s1. The lowest BCUT2D eigenvalue weighted by Crippen LogP contribution is -2.42. The van der Waals surface area contributed by atoms with E-state index in [1.807, 2.05) is 0 Å². The van der Waals surface area contributed by atoms with Gasteiger partial charge in [-0.15, -0.1) is 0 Å². The molecule has 3 nitrogen and oxygen atoms in total. The molecule has 0 saturated carbocycles. The lowest BCUT2D eigenvalue weighted by atomic mass is 10.1. The maximum absolute atomic E-state index is 13.0. The number of carbonyl (C=O) groups excluding carboxylic acids is 1. The fourth-order valence-corrected chi connectivity index (χ4v) is 2.69. The van der Waals surface area contributed by atoms with Crippen LogP contribution in [0.15, 0.2) is 18.2 Å². The number of benzene rings is 1. The lowest BCUT2D eigenvalue weighted by Gasteiger charge is -2.26. The zero-order valence-electron chi connectivity index (χ0n) is 11.2. The fourth-order valence-electron chi connectivity index (χ4n) is 2.46. The highest BCUT2D eigenvalue weighted by Gasteiger charge is 2.31. The summed E-state index contributed by atoms with van der Waals surface area (Å²) in [6.07, 6.45) is 1.87. The molecule has 0 bridgehead atoms. The predicted octanol–water partition coefficient (Wildman–Crippen LogP) is 2.53. The van der Waals surface area contributed by atoms with Gasteiger partial charge in [0.2, 0.25) is 5.91 Å². The Labute approximate surface area is 117 Å². The molecule has 104 valence electrons. The number of halogens is 2. The van der Waals surface area contributed by atoms with E-state index in [2.05, 4.69) is 4.90 Å². The van der Waals surface area contributed by atoms with Crippen molar-refractivity contribution >= 4 is 17.5 Å². The largest absolute Gasteiger partial charge is 0.347 e. The van der Waals surface area contributed by atoms with Gasteiger partial charge in [0.05, 0.1) is 6.04 Å². The molecule has 0 aromatic heterocycles. The second kappa shape index (κ2) is 5.88. The van der Waals surface area contributed by atoms with E-state index < -0.39 is 0 Å². The first kappa shape index (κ1) is 14.3. The van der Waals surface area contributed by atoms with Crippen LogP contribution in [0.5, 0.6) is 0 Å². The summed E-state index contributed by atoms with van der Waals surface area (Å²) in [5.74, 6) is -0.216. The minimum absolute atomic E-state index is 0.0869. The zero-order valence-corrected chi connectivity index (χ0v) is 12.0. The molecule has 1 aliphatic heterocycles. The molecule has 5 heteroatoms. The summed E-state index contributed by atoms with van der Waals surface area (Å²) in [6, 6.07) is 4.32. The van der Waals surface area contributed by atoms with Gasteiger partial charge in [0.1, 0.15) is 5.82 Å². The second-order valence-electron chi connectivity index (χ2n) is 5.10. The molecule has 0 aliphatic carbocycles. The molecule has 1 heterocycles. The molecular formula is C14H18ClFN2O. The van der Waals surface area contributed by atoms with Gasteiger partial charge in [-0.2, -0.15) is 0 Å². The van der Waals surface area contributed by atoms with Gasteiger partial charge in [-0.1, -0.05) is 17.7 Å². The second-order valence-corrected chi connectivity index (χ2v) is 5.50. The van der Waals surface area contributed by atoms with Crippen LogP contribution in [0.4, 0.5) is 4.39 Å². The van der Waals surface area contributed by atoms with Crippen molar-refractivity contribution in [3.8, 4) is 0 Å². The predicted molar refractivity (Wildman–Crippen MR) is 73.5 cm³/mol. The van der Waals surface area contributed by atoms with Crippen LogP contribution in [-0.4, -0.2) is 42.4 Å². The quantitative estimate of drug-likeness (QED) is 0.852. The summed E-state index contributed by atoms with van der Waals surface area (Å²) in [7, 11) is 3.54. The monoisotopic (exact) mass is 284 g/mol. The molecule has 1 saturated heterocycles. The minimum atomic E-state index is -0.337. The van der Waals surface area contributed by atoms with E-state index in [9.17, 15) is 9.18 Å². The molecule has 1 atom stereocenters. The molecular weight excluding hydrogens is 267 g/mol. The van der Waals surface area contributed by atoms with Crippen molar-refractivity contribution in [3.05, 3.63) is 34.6 Å². The van der Waals surface area contributed by atoms with Gasteiger partial charge in [0, 0.05) is 25.7 Å². The number of amides is 1. The Bertz CT molecular complexity index is 479. The summed E-state index contributed by atoms with van der Waals surface area (Å²) >= 11 is 6.04. The molecule has 0 spiro atoms. The summed E-state index contributed by atoms with van der Waals surface area (Å²) in [6.45, 7) is 1.46. The molecule has 1 amide bonds. The number of likely N-dealkylation sites (N-methyl/N-ethyl adjacent to an activating group) is 1. The highest BCUT2D eigenvalue weighted by molar-refractivity contribution is 6.31. The fraction of sp³-hybridized carbons (Fsp3) is 0.500. The Kier molecular flexibility index (Phi) is 4.42. The molecule has 0 unspecified atom stereocenters. The van der Waals surface area contributed by atoms with Crippen LogP contribution in [0.2, 0.25) is 5.02 Å². The average molecular weight is 285 g/mol. The van der Waals surface area contributed by atoms with E-state index in [1.165, 1.54) is 12.1 Å². The van der Waals surface area contributed by atoms with Crippen molar-refractivity contribution in [2.45, 2.75) is 25.4 Å². The molecule has 19 heavy (non-hydrogen) atoms. The average Bonchev–Trinajstić information content (AvgIpc) is 2.79. The van der Waals surface area contributed by atoms with Crippen molar-refractivity contribution < 1.29 is 9.18 Å². The van der Waals surface area contributed by atoms with E-state index >= 15 is 0 Å². The van der Waals surface area contributed by atoms with Gasteiger partial charge in [-0.25, -0.2) is 4.39 Å². The first-order valence-electron chi connectivity index (χ1n) is 6.38. The normalized spacial score (nSPS) is 19.7. The van der Waals surface area contributed by atoms with Gasteiger partial charge < -0.3 is 4.90 Å². The lowest BCUT2D eigenvalue weighted by molar-refractivity contribution is -0.133. The maximum atomic E-state index is 13.0. The Morgan fingerprint density at radius 1 is 1.53 bits per heavy atom. The molecule has 1 fully saturated rings. The number of hydrogen-bond donors (Lipinski definition) is 0. The van der Waals surface area contributed by atoms with Crippen molar-refractivity contribution in [1.29, 1.82) is 0 Å². The van der Waals surface area contributed by atoms with E-state index in [-0.39, 0.29) is 17.8 Å². The summed E-state index contributed by atoms with van der Waals surface area (Å²) in [4.78, 5) is 15.8. The Morgan fingerprint density at radius 2 is 2.26 bits per heavy atom. The van der Waals surface area contributed by atoms with Crippen LogP contribution in [0.1, 0.15) is 18.4 Å². The minimum Gasteiger partial charge on any atom is -0.347 e. The number of rotatable bonds is 3. The van der Waals surface area contributed by atoms with E-state index in [0.717, 1.165) is 24.9 Å². The molecule has 0 N–H and O–H groups in total. The molecule has 2 rings (SSSR count). The Balaban J connectivity index is 2.11. The molecule has 0 radical (unpaired) electrons. The molecule has 1 aromatic rings. The van der Waals surface area contributed by atoms with Crippen LogP contribution < -0.4 is 0 Å². The Hall–Kier alpha value is -1.13. The summed E-state index contributed by atoms with van der Waals surface area (Å²) in [5, 5.41) is 0.419. The SMILES string of the molecule is CN(C)C(=O)[C@@H]1CCCN1Cc1ccc(F)cc1Cl. The van der Waals surface area contributed by atoms with Crippen molar-refractivity contribution in [2.75, 3.05) is 20.6 Å². The van der Waals surface area contributed by atoms with Gasteiger partial charge in [0.25, 0.3) is 0 Å². The van der Waals surface area contributed by atoms with Crippen molar-refractivity contribution in [2.24, 2.45) is 0 Å². The summed E-state index contributed by atoms with van der Waals surface area (Å²) in [5.41, 5.74) is 0.863. The van der Waals surface area contributed by atoms with E-state index in [0.29, 0.717) is 11.6 Å². The number of likely N-dealkylation sites (tertiary alicyclic amines) is 1. The number of nitrogens with zero attached hydrogens (tertiary/aromatic N) is 2. The maximum Gasteiger partial charge on any atom is 0.239 e. The van der Waals surface area contributed by atoms with Crippen LogP contribution in [0, 0.1) is 5.82 Å². The van der Waals surface area contributed by atoms with Gasteiger partial charge in [-0.05, 0) is 37.1 Å². The third-order valence-electron chi connectivity index (χ3n) is 3.48. The van der Waals surface area contributed by atoms with Crippen LogP contribution in [0.25, 0.3) is 0 Å². The van der Waals surface area contributed by atoms with Crippen LogP contribution >= 0.6 is 11.6 Å². The van der Waals surface area contributed by atoms with Crippen molar-refractivity contribution in [3.63, 3.8) is 0 Å². The van der Waals surface area contributed by atoms with Crippen LogP contribution in [0.3, 0.4) is 0 Å². The number of carbonyl (C=O) groups is 1. The molecule has 1 aliphatic rings.